The van der Waals surface area contributed by atoms with Crippen LogP contribution >= 0.6 is 0 Å². The summed E-state index contributed by atoms with van der Waals surface area (Å²) in [6.07, 6.45) is 5.00. The summed E-state index contributed by atoms with van der Waals surface area (Å²) in [5.74, 6) is -1.34. The van der Waals surface area contributed by atoms with Crippen LogP contribution in [0.3, 0.4) is 0 Å². The molecule has 234 valence electrons. The van der Waals surface area contributed by atoms with Crippen LogP contribution in [0.1, 0.15) is 21.8 Å². The molecule has 0 aliphatic heterocycles. The first-order valence-corrected chi connectivity index (χ1v) is 14.5. The van der Waals surface area contributed by atoms with Gasteiger partial charge in [-0.25, -0.2) is 14.8 Å². The molecule has 13 heteroatoms. The number of hydrogen-bond donors (Lipinski definition) is 2. The molecule has 13 nitrogen and oxygen atoms in total. The van der Waals surface area contributed by atoms with Crippen LogP contribution in [0.5, 0.6) is 0 Å². The lowest BCUT2D eigenvalue weighted by atomic mass is 10.0. The van der Waals surface area contributed by atoms with E-state index >= 15 is 0 Å². The predicted molar refractivity (Wildman–Crippen MR) is 170 cm³/mol. The molecule has 0 fully saturated rings. The Morgan fingerprint density at radius 1 is 0.851 bits per heavy atom. The van der Waals surface area contributed by atoms with Crippen molar-refractivity contribution in [3.8, 4) is 11.4 Å². The van der Waals surface area contributed by atoms with E-state index in [9.17, 15) is 19.2 Å². The number of aromatic nitrogens is 5. The maximum absolute atomic E-state index is 13.7. The fourth-order valence-electron chi connectivity index (χ4n) is 4.79. The van der Waals surface area contributed by atoms with Gasteiger partial charge in [-0.2, -0.15) is 4.98 Å². The summed E-state index contributed by atoms with van der Waals surface area (Å²) in [5.41, 5.74) is 1.63. The fourth-order valence-corrected chi connectivity index (χ4v) is 4.79. The zero-order valence-electron chi connectivity index (χ0n) is 24.8. The second-order valence-corrected chi connectivity index (χ2v) is 10.3. The largest absolute Gasteiger partial charge is 0.444 e. The average molecular weight is 630 g/mol. The normalized spacial score (nSPS) is 11.5. The van der Waals surface area contributed by atoms with E-state index in [0.717, 1.165) is 15.7 Å². The number of carbonyl (C=O) groups excluding carboxylic acids is 3. The number of anilines is 1. The van der Waals surface area contributed by atoms with Crippen LogP contribution in [-0.4, -0.2) is 48.3 Å². The summed E-state index contributed by atoms with van der Waals surface area (Å²) in [7, 11) is 0. The van der Waals surface area contributed by atoms with Gasteiger partial charge in [0.2, 0.25) is 11.7 Å². The second kappa shape index (κ2) is 14.1. The molecule has 0 aliphatic carbocycles. The standard InChI is InChI=1S/C34H27N7O6/c42-28(38-25(17-22-9-3-1-4-10-22)29(43)32-40-30-27(47-32)14-8-16-36-30)20-41-31(24-13-7-15-35-18-24)37-19-26(33(41)44)39-34(45)46-21-23-11-5-2-6-12-23/h1-16,18-19,25H,17,20-21H2,(H,38,42)(H,39,45). The molecule has 0 spiro atoms. The van der Waals surface area contributed by atoms with Crippen LogP contribution in [0.2, 0.25) is 0 Å². The van der Waals surface area contributed by atoms with E-state index in [1.54, 1.807) is 42.6 Å². The van der Waals surface area contributed by atoms with Gasteiger partial charge in [0.25, 0.3) is 11.4 Å². The third-order valence-electron chi connectivity index (χ3n) is 7.03. The molecule has 0 bridgehead atoms. The number of Topliss-reactive ketones (excluding diaryl/α,β-unsaturated/α-hetero) is 1. The summed E-state index contributed by atoms with van der Waals surface area (Å²) < 4.78 is 12.0. The van der Waals surface area contributed by atoms with Crippen molar-refractivity contribution in [3.05, 3.63) is 137 Å². The summed E-state index contributed by atoms with van der Waals surface area (Å²) >= 11 is 0. The third-order valence-corrected chi connectivity index (χ3v) is 7.03. The Kier molecular flexibility index (Phi) is 9.14. The number of nitrogens with one attached hydrogen (secondary N) is 2. The lowest BCUT2D eigenvalue weighted by Gasteiger charge is -2.18. The Balaban J connectivity index is 1.26. The molecule has 1 atom stereocenters. The number of carbonyl (C=O) groups is 3. The molecule has 6 aromatic rings. The second-order valence-electron chi connectivity index (χ2n) is 10.3. The lowest BCUT2D eigenvalue weighted by Crippen LogP contribution is -2.45. The van der Waals surface area contributed by atoms with Crippen molar-refractivity contribution in [2.24, 2.45) is 0 Å². The van der Waals surface area contributed by atoms with Gasteiger partial charge in [-0.3, -0.25) is 29.3 Å². The van der Waals surface area contributed by atoms with Crippen LogP contribution in [0.4, 0.5) is 10.5 Å². The first-order chi connectivity index (χ1) is 22.9. The first-order valence-electron chi connectivity index (χ1n) is 14.5. The Labute approximate surface area is 267 Å². The van der Waals surface area contributed by atoms with E-state index in [1.165, 1.54) is 18.6 Å². The smallest absolute Gasteiger partial charge is 0.412 e. The quantitative estimate of drug-likeness (QED) is 0.198. The van der Waals surface area contributed by atoms with Gasteiger partial charge in [0, 0.05) is 30.6 Å². The number of hydrogen-bond acceptors (Lipinski definition) is 10. The maximum atomic E-state index is 13.7. The van der Waals surface area contributed by atoms with E-state index in [2.05, 4.69) is 30.6 Å². The number of rotatable bonds is 11. The molecule has 0 saturated carbocycles. The molecule has 2 amide bonds. The minimum absolute atomic E-state index is 0.0164. The highest BCUT2D eigenvalue weighted by Crippen LogP contribution is 2.18. The number of pyridine rings is 2. The molecular weight excluding hydrogens is 602 g/mol. The number of fused-ring (bicyclic) bond motifs is 1. The highest BCUT2D eigenvalue weighted by atomic mass is 16.5. The first kappa shape index (κ1) is 30.5. The molecular formula is C34H27N7O6. The molecule has 1 unspecified atom stereocenters. The van der Waals surface area contributed by atoms with Crippen molar-refractivity contribution in [2.75, 3.05) is 5.32 Å². The van der Waals surface area contributed by atoms with Gasteiger partial charge in [-0.15, -0.1) is 0 Å². The van der Waals surface area contributed by atoms with E-state index < -0.39 is 35.9 Å². The van der Waals surface area contributed by atoms with Crippen molar-refractivity contribution < 1.29 is 23.5 Å². The molecule has 0 radical (unpaired) electrons. The molecule has 0 aliphatic rings. The Bertz CT molecular complexity index is 2050. The van der Waals surface area contributed by atoms with Gasteiger partial charge in [0.15, 0.2) is 11.2 Å². The van der Waals surface area contributed by atoms with Crippen LogP contribution in [0.15, 0.2) is 119 Å². The zero-order chi connectivity index (χ0) is 32.6. The molecule has 2 aromatic carbocycles. The summed E-state index contributed by atoms with van der Waals surface area (Å²) in [6, 6.07) is 23.7. The van der Waals surface area contributed by atoms with Crippen molar-refractivity contribution >= 4 is 34.7 Å². The van der Waals surface area contributed by atoms with Gasteiger partial charge in [-0.1, -0.05) is 60.7 Å². The molecule has 47 heavy (non-hydrogen) atoms. The monoisotopic (exact) mass is 629 g/mol. The maximum Gasteiger partial charge on any atom is 0.412 e. The van der Waals surface area contributed by atoms with E-state index in [0.29, 0.717) is 11.1 Å². The number of benzene rings is 2. The average Bonchev–Trinajstić information content (AvgIpc) is 3.54. The van der Waals surface area contributed by atoms with Crippen molar-refractivity contribution in [1.82, 2.24) is 29.8 Å². The van der Waals surface area contributed by atoms with Crippen LogP contribution < -0.4 is 16.2 Å². The topological polar surface area (TPSA) is 171 Å². The Hall–Kier alpha value is -6.50. The molecule has 2 N–H and O–H groups in total. The van der Waals surface area contributed by atoms with E-state index in [4.69, 9.17) is 9.15 Å². The van der Waals surface area contributed by atoms with Crippen molar-refractivity contribution in [2.45, 2.75) is 25.6 Å². The van der Waals surface area contributed by atoms with Gasteiger partial charge in [0.1, 0.15) is 30.7 Å². The van der Waals surface area contributed by atoms with Crippen LogP contribution in [0, 0.1) is 0 Å². The molecule has 4 heterocycles. The minimum Gasteiger partial charge on any atom is -0.444 e. The van der Waals surface area contributed by atoms with Crippen LogP contribution in [-0.2, 0) is 29.1 Å². The zero-order valence-corrected chi connectivity index (χ0v) is 24.8. The summed E-state index contributed by atoms with van der Waals surface area (Å²) in [6.45, 7) is -0.560. The Morgan fingerprint density at radius 3 is 2.32 bits per heavy atom. The van der Waals surface area contributed by atoms with Gasteiger partial charge in [0.05, 0.1) is 6.20 Å². The van der Waals surface area contributed by atoms with Gasteiger partial charge >= 0.3 is 6.09 Å². The predicted octanol–water partition coefficient (Wildman–Crippen LogP) is 4.20. The molecule has 0 saturated heterocycles. The highest BCUT2D eigenvalue weighted by molar-refractivity contribution is 6.00. The van der Waals surface area contributed by atoms with Crippen LogP contribution in [0.25, 0.3) is 22.6 Å². The van der Waals surface area contributed by atoms with Gasteiger partial charge < -0.3 is 14.5 Å². The fraction of sp³-hybridized carbons (Fsp3) is 0.118. The number of amides is 2. The SMILES string of the molecule is O=C(Cn1c(-c2cccnc2)ncc(NC(=O)OCc2ccccc2)c1=O)NC(Cc1ccccc1)C(=O)c1nc2ncccc2o1. The summed E-state index contributed by atoms with van der Waals surface area (Å²) in [5, 5.41) is 5.15. The summed E-state index contributed by atoms with van der Waals surface area (Å²) in [4.78, 5) is 70.3. The van der Waals surface area contributed by atoms with E-state index in [-0.39, 0.29) is 36.1 Å². The number of ketones is 1. The van der Waals surface area contributed by atoms with Crippen molar-refractivity contribution in [3.63, 3.8) is 0 Å². The third kappa shape index (κ3) is 7.42. The number of ether oxygens (including phenoxy) is 1. The van der Waals surface area contributed by atoms with E-state index in [1.807, 2.05) is 48.5 Å². The highest BCUT2D eigenvalue weighted by Gasteiger charge is 2.28. The molecule has 6 rings (SSSR count). The van der Waals surface area contributed by atoms with Gasteiger partial charge in [-0.05, 0) is 35.4 Å². The lowest BCUT2D eigenvalue weighted by molar-refractivity contribution is -0.122. The molecule has 4 aromatic heterocycles. The van der Waals surface area contributed by atoms with Crippen molar-refractivity contribution in [1.29, 1.82) is 0 Å². The Morgan fingerprint density at radius 2 is 1.60 bits per heavy atom. The minimum atomic E-state index is -1.10. The number of nitrogens with zero attached hydrogens (tertiary/aromatic N) is 5. The number of oxazole rings is 1.